The summed E-state index contributed by atoms with van der Waals surface area (Å²) in [7, 11) is 5.48. The molecule has 3 N–H and O–H groups in total. The van der Waals surface area contributed by atoms with Crippen LogP contribution in [0, 0.1) is 0 Å². The highest BCUT2D eigenvalue weighted by atomic mass is 35.5. The molecule has 0 spiro atoms. The van der Waals surface area contributed by atoms with Crippen LogP contribution in [0.15, 0.2) is 24.3 Å². The van der Waals surface area contributed by atoms with Gasteiger partial charge in [-0.05, 0) is 50.7 Å². The molecule has 1 heterocycles. The second-order valence-corrected chi connectivity index (χ2v) is 6.90. The fourth-order valence-corrected chi connectivity index (χ4v) is 3.20. The minimum atomic E-state index is -0.293. The minimum absolute atomic E-state index is 0. The second-order valence-electron chi connectivity index (χ2n) is 6.90. The normalized spacial score (nSPS) is 17.6. The number of carbonyl (C=O) groups is 2. The number of ether oxygens (including phenoxy) is 1. The number of anilines is 1. The van der Waals surface area contributed by atoms with Crippen LogP contribution in [-0.2, 0) is 9.53 Å². The van der Waals surface area contributed by atoms with Crippen LogP contribution in [0.1, 0.15) is 29.6 Å². The lowest BCUT2D eigenvalue weighted by Gasteiger charge is -2.35. The molecule has 2 amide bonds. The number of amides is 2. The van der Waals surface area contributed by atoms with Gasteiger partial charge >= 0.3 is 0 Å². The molecule has 7 nitrogen and oxygen atoms in total. The number of piperidine rings is 1. The van der Waals surface area contributed by atoms with E-state index >= 15 is 0 Å². The largest absolute Gasteiger partial charge is 0.380 e. The van der Waals surface area contributed by atoms with Gasteiger partial charge in [0, 0.05) is 44.5 Å². The van der Waals surface area contributed by atoms with Crippen molar-refractivity contribution in [2.45, 2.75) is 31.4 Å². The third-order valence-electron chi connectivity index (χ3n) is 4.89. The van der Waals surface area contributed by atoms with Crippen molar-refractivity contribution in [3.8, 4) is 0 Å². The number of nitrogens with two attached hydrogens (primary N) is 1. The number of benzene rings is 1. The molecule has 0 aliphatic carbocycles. The zero-order valence-electron chi connectivity index (χ0n) is 16.7. The molecule has 0 bridgehead atoms. The van der Waals surface area contributed by atoms with Gasteiger partial charge in [0.05, 0.1) is 12.5 Å². The molecule has 1 fully saturated rings. The van der Waals surface area contributed by atoms with Crippen LogP contribution >= 0.6 is 24.8 Å². The van der Waals surface area contributed by atoms with Crippen LogP contribution in [-0.4, -0.2) is 74.6 Å². The number of halogens is 2. The van der Waals surface area contributed by atoms with Gasteiger partial charge in [0.25, 0.3) is 5.91 Å². The molecule has 2 atom stereocenters. The Morgan fingerprint density at radius 2 is 1.96 bits per heavy atom. The van der Waals surface area contributed by atoms with Gasteiger partial charge in [-0.2, -0.15) is 0 Å². The first-order chi connectivity index (χ1) is 12.4. The van der Waals surface area contributed by atoms with Gasteiger partial charge in [0.2, 0.25) is 5.91 Å². The summed E-state index contributed by atoms with van der Waals surface area (Å²) in [5, 5.41) is 2.80. The summed E-state index contributed by atoms with van der Waals surface area (Å²) in [6.07, 6.45) is 2.04. The lowest BCUT2D eigenvalue weighted by molar-refractivity contribution is -0.118. The van der Waals surface area contributed by atoms with Crippen LogP contribution < -0.4 is 11.1 Å². The molecule has 1 aliphatic heterocycles. The van der Waals surface area contributed by atoms with Gasteiger partial charge in [-0.15, -0.1) is 24.8 Å². The Hall–Kier alpha value is -1.38. The lowest BCUT2D eigenvalue weighted by Crippen LogP contribution is -2.47. The smallest absolute Gasteiger partial charge is 0.253 e. The Kier molecular flexibility index (Phi) is 12.3. The summed E-state index contributed by atoms with van der Waals surface area (Å²) in [5.74, 6) is -0.158. The van der Waals surface area contributed by atoms with Gasteiger partial charge in [-0.25, -0.2) is 0 Å². The number of hydrogen-bond acceptors (Lipinski definition) is 5. The van der Waals surface area contributed by atoms with Gasteiger partial charge in [0.15, 0.2) is 0 Å². The summed E-state index contributed by atoms with van der Waals surface area (Å²) in [5.41, 5.74) is 6.80. The van der Waals surface area contributed by atoms with Crippen LogP contribution in [0.2, 0.25) is 0 Å². The summed E-state index contributed by atoms with van der Waals surface area (Å²) < 4.78 is 5.11. The molecule has 1 aliphatic rings. The molecule has 1 aromatic carbocycles. The van der Waals surface area contributed by atoms with E-state index in [-0.39, 0.29) is 55.2 Å². The zero-order chi connectivity index (χ0) is 19.1. The number of likely N-dealkylation sites (tertiary alicyclic amines) is 1. The van der Waals surface area contributed by atoms with Crippen molar-refractivity contribution in [1.82, 2.24) is 9.80 Å². The van der Waals surface area contributed by atoms with Crippen LogP contribution in [0.4, 0.5) is 5.69 Å². The average Bonchev–Trinajstić information content (AvgIpc) is 2.65. The van der Waals surface area contributed by atoms with Crippen molar-refractivity contribution in [3.63, 3.8) is 0 Å². The predicted octanol–water partition coefficient (Wildman–Crippen LogP) is 2.00. The van der Waals surface area contributed by atoms with Gasteiger partial charge in [-0.1, -0.05) is 0 Å². The van der Waals surface area contributed by atoms with E-state index in [9.17, 15) is 9.59 Å². The van der Waals surface area contributed by atoms with E-state index in [0.29, 0.717) is 17.8 Å². The molecular weight excluding hydrogens is 403 g/mol. The number of methoxy groups -OCH3 is 1. The van der Waals surface area contributed by atoms with Crippen molar-refractivity contribution in [1.29, 1.82) is 0 Å². The minimum Gasteiger partial charge on any atom is -0.380 e. The third kappa shape index (κ3) is 7.56. The van der Waals surface area contributed by atoms with E-state index in [1.54, 1.807) is 24.3 Å². The number of likely N-dealkylation sites (N-methyl/N-ethyl adjacent to an activating group) is 2. The molecule has 28 heavy (non-hydrogen) atoms. The third-order valence-corrected chi connectivity index (χ3v) is 4.89. The Balaban J connectivity index is 0.00000364. The van der Waals surface area contributed by atoms with Gasteiger partial charge in [-0.3, -0.25) is 9.59 Å². The summed E-state index contributed by atoms with van der Waals surface area (Å²) in [6, 6.07) is 7.23. The molecular formula is C19H32Cl2N4O3. The fourth-order valence-electron chi connectivity index (χ4n) is 3.20. The maximum atomic E-state index is 12.7. The van der Waals surface area contributed by atoms with E-state index in [0.717, 1.165) is 25.9 Å². The first-order valence-electron chi connectivity index (χ1n) is 9.03. The summed E-state index contributed by atoms with van der Waals surface area (Å²) in [6.45, 7) is 2.28. The Morgan fingerprint density at radius 3 is 2.50 bits per heavy atom. The quantitative estimate of drug-likeness (QED) is 0.684. The Labute approximate surface area is 179 Å². The molecule has 160 valence electrons. The lowest BCUT2D eigenvalue weighted by atomic mass is 10.0. The van der Waals surface area contributed by atoms with E-state index in [2.05, 4.69) is 17.3 Å². The van der Waals surface area contributed by atoms with E-state index in [1.165, 1.54) is 7.11 Å². The molecule has 0 radical (unpaired) electrons. The highest BCUT2D eigenvalue weighted by molar-refractivity contribution is 5.96. The number of hydrogen-bond donors (Lipinski definition) is 2. The highest BCUT2D eigenvalue weighted by Gasteiger charge is 2.25. The van der Waals surface area contributed by atoms with E-state index in [4.69, 9.17) is 10.5 Å². The average molecular weight is 435 g/mol. The van der Waals surface area contributed by atoms with E-state index < -0.39 is 0 Å². The SMILES string of the molecule is COC(CN)CC(=O)Nc1ccc(C(=O)N(C)C2CCCN(C)C2)cc1.Cl.Cl. The first-order valence-corrected chi connectivity index (χ1v) is 9.03. The second kappa shape index (κ2) is 13.0. The standard InChI is InChI=1S/C19H30N4O3.2ClH/c1-22-10-4-5-16(13-22)23(2)19(25)14-6-8-15(9-7-14)21-18(24)11-17(12-20)26-3;;/h6-9,16-17H,4-5,10-13,20H2,1-3H3,(H,21,24);2*1H. The molecule has 1 aromatic rings. The number of carbonyl (C=O) groups excluding carboxylic acids is 2. The first kappa shape index (κ1) is 26.6. The summed E-state index contributed by atoms with van der Waals surface area (Å²) in [4.78, 5) is 28.8. The maximum absolute atomic E-state index is 12.7. The zero-order valence-corrected chi connectivity index (χ0v) is 18.4. The van der Waals surface area contributed by atoms with Crippen LogP contribution in [0.5, 0.6) is 0 Å². The highest BCUT2D eigenvalue weighted by Crippen LogP contribution is 2.17. The van der Waals surface area contributed by atoms with Crippen molar-refractivity contribution < 1.29 is 14.3 Å². The Bertz CT molecular complexity index is 612. The summed E-state index contributed by atoms with van der Waals surface area (Å²) >= 11 is 0. The topological polar surface area (TPSA) is 87.9 Å². The predicted molar refractivity (Wildman–Crippen MR) is 117 cm³/mol. The van der Waals surface area contributed by atoms with Crippen molar-refractivity contribution in [2.75, 3.05) is 46.2 Å². The van der Waals surface area contributed by atoms with Crippen molar-refractivity contribution in [3.05, 3.63) is 29.8 Å². The van der Waals surface area contributed by atoms with Gasteiger partial charge in [0.1, 0.15) is 0 Å². The Morgan fingerprint density at radius 1 is 1.32 bits per heavy atom. The maximum Gasteiger partial charge on any atom is 0.253 e. The van der Waals surface area contributed by atoms with Crippen molar-refractivity contribution in [2.24, 2.45) is 5.73 Å². The van der Waals surface area contributed by atoms with Gasteiger partial charge < -0.3 is 25.6 Å². The molecule has 1 saturated heterocycles. The number of nitrogens with one attached hydrogen (secondary N) is 1. The molecule has 2 rings (SSSR count). The fraction of sp³-hybridized carbons (Fsp3) is 0.579. The number of rotatable bonds is 7. The monoisotopic (exact) mass is 434 g/mol. The van der Waals surface area contributed by atoms with Crippen LogP contribution in [0.25, 0.3) is 0 Å². The molecule has 0 saturated carbocycles. The van der Waals surface area contributed by atoms with Crippen molar-refractivity contribution >= 4 is 42.3 Å². The van der Waals surface area contributed by atoms with E-state index in [1.807, 2.05) is 11.9 Å². The molecule has 2 unspecified atom stereocenters. The van der Waals surface area contributed by atoms with Crippen LogP contribution in [0.3, 0.4) is 0 Å². The molecule has 9 heteroatoms. The number of nitrogens with zero attached hydrogens (tertiary/aromatic N) is 2. The molecule has 0 aromatic heterocycles.